The van der Waals surface area contributed by atoms with Gasteiger partial charge in [0.05, 0.1) is 0 Å². The monoisotopic (exact) mass is 252 g/mol. The number of benzene rings is 2. The molecule has 20 heavy (non-hydrogen) atoms. The van der Waals surface area contributed by atoms with Gasteiger partial charge in [0.25, 0.3) is 0 Å². The quantitative estimate of drug-likeness (QED) is 0.631. The van der Waals surface area contributed by atoms with Crippen molar-refractivity contribution < 1.29 is 0 Å². The van der Waals surface area contributed by atoms with Crippen molar-refractivity contribution in [1.29, 1.82) is 0 Å². The van der Waals surface area contributed by atoms with Gasteiger partial charge in [0.2, 0.25) is 0 Å². The molecule has 0 saturated heterocycles. The predicted octanol–water partition coefficient (Wildman–Crippen LogP) is 3.30. The molecule has 0 saturated carbocycles. The van der Waals surface area contributed by atoms with Crippen molar-refractivity contribution in [2.45, 2.75) is 0 Å². The van der Waals surface area contributed by atoms with E-state index in [1.54, 1.807) is 6.07 Å². The number of terminal acetylenes is 4. The minimum atomic E-state index is 0.829. The van der Waals surface area contributed by atoms with E-state index >= 15 is 0 Å². The molecule has 0 spiro atoms. The molecule has 0 atom stereocenters. The Morgan fingerprint density at radius 1 is 0.500 bits per heavy atom. The molecule has 0 unspecified atom stereocenters. The molecule has 0 aliphatic heterocycles. The summed E-state index contributed by atoms with van der Waals surface area (Å²) >= 11 is 0. The smallest absolute Gasteiger partial charge is 0.0254 e. The third-order valence-electron chi connectivity index (χ3n) is 2.41. The van der Waals surface area contributed by atoms with Crippen molar-refractivity contribution in [2.75, 3.05) is 0 Å². The third-order valence-corrected chi connectivity index (χ3v) is 2.41. The van der Waals surface area contributed by atoms with Crippen molar-refractivity contribution >= 4 is 0 Å². The van der Waals surface area contributed by atoms with Crippen molar-refractivity contribution in [3.63, 3.8) is 0 Å². The van der Waals surface area contributed by atoms with Gasteiger partial charge in [-0.3, -0.25) is 0 Å². The highest BCUT2D eigenvalue weighted by molar-refractivity contribution is 5.41. The first-order chi connectivity index (χ1) is 9.73. The number of hydrogen-bond acceptors (Lipinski definition) is 0. The summed E-state index contributed by atoms with van der Waals surface area (Å²) in [5, 5.41) is 0. The summed E-state index contributed by atoms with van der Waals surface area (Å²) in [6.07, 6.45) is 20.6. The Labute approximate surface area is 120 Å². The Kier molecular flexibility index (Phi) is 5.82. The van der Waals surface area contributed by atoms with E-state index in [0.29, 0.717) is 0 Å². The van der Waals surface area contributed by atoms with Gasteiger partial charge < -0.3 is 0 Å². The van der Waals surface area contributed by atoms with Crippen LogP contribution in [0.15, 0.2) is 48.5 Å². The third kappa shape index (κ3) is 4.51. The minimum absolute atomic E-state index is 0.829. The Hall–Kier alpha value is -3.32. The highest BCUT2D eigenvalue weighted by Crippen LogP contribution is 2.01. The summed E-state index contributed by atoms with van der Waals surface area (Å²) in [5.74, 6) is 10.0. The SMILES string of the molecule is C#Cc1ccc(C#C)cc1.C#Cc1cccc(C#C)c1. The van der Waals surface area contributed by atoms with E-state index in [9.17, 15) is 0 Å². The van der Waals surface area contributed by atoms with Crippen LogP contribution in [0.3, 0.4) is 0 Å². The van der Waals surface area contributed by atoms with E-state index in [0.717, 1.165) is 22.3 Å². The van der Waals surface area contributed by atoms with Crippen LogP contribution in [0.4, 0.5) is 0 Å². The average molecular weight is 252 g/mol. The molecular weight excluding hydrogens is 240 g/mol. The molecule has 2 aromatic carbocycles. The second-order valence-electron chi connectivity index (χ2n) is 3.74. The molecule has 0 bridgehead atoms. The van der Waals surface area contributed by atoms with Gasteiger partial charge in [-0.25, -0.2) is 0 Å². The van der Waals surface area contributed by atoms with Crippen molar-refractivity contribution in [2.24, 2.45) is 0 Å². The Morgan fingerprint density at radius 2 is 0.850 bits per heavy atom. The fourth-order valence-corrected chi connectivity index (χ4v) is 1.36. The summed E-state index contributed by atoms with van der Waals surface area (Å²) in [6.45, 7) is 0. The van der Waals surface area contributed by atoms with Crippen LogP contribution in [0, 0.1) is 49.4 Å². The summed E-state index contributed by atoms with van der Waals surface area (Å²) in [5.41, 5.74) is 3.38. The van der Waals surface area contributed by atoms with Crippen LogP contribution in [0.25, 0.3) is 0 Å². The first-order valence-corrected chi connectivity index (χ1v) is 5.80. The molecule has 0 aliphatic rings. The summed E-state index contributed by atoms with van der Waals surface area (Å²) in [4.78, 5) is 0. The molecule has 0 amide bonds. The van der Waals surface area contributed by atoms with Crippen LogP contribution in [0.1, 0.15) is 22.3 Å². The molecule has 0 fully saturated rings. The van der Waals surface area contributed by atoms with Crippen LogP contribution in [0.5, 0.6) is 0 Å². The lowest BCUT2D eigenvalue weighted by molar-refractivity contribution is 1.60. The summed E-state index contributed by atoms with van der Waals surface area (Å²) in [6, 6.07) is 14.7. The van der Waals surface area contributed by atoms with Crippen LogP contribution >= 0.6 is 0 Å². The predicted molar refractivity (Wildman–Crippen MR) is 84.6 cm³/mol. The molecule has 0 nitrogen and oxygen atoms in total. The van der Waals surface area contributed by atoms with Gasteiger partial charge in [0.15, 0.2) is 0 Å². The molecule has 2 aromatic rings. The van der Waals surface area contributed by atoms with Gasteiger partial charge >= 0.3 is 0 Å². The van der Waals surface area contributed by atoms with E-state index in [-0.39, 0.29) is 0 Å². The normalized spacial score (nSPS) is 7.80. The lowest BCUT2D eigenvalue weighted by atomic mass is 10.1. The van der Waals surface area contributed by atoms with Crippen LogP contribution in [-0.4, -0.2) is 0 Å². The van der Waals surface area contributed by atoms with Crippen LogP contribution in [0.2, 0.25) is 0 Å². The second kappa shape index (κ2) is 7.90. The first kappa shape index (κ1) is 14.7. The number of hydrogen-bond donors (Lipinski definition) is 0. The van der Waals surface area contributed by atoms with Gasteiger partial charge in [0, 0.05) is 22.3 Å². The standard InChI is InChI=1S/2C10H6/c1-3-9-5-7-10(4-2)8-6-9;1-3-9-6-5-7-10(4-2)8-9/h2*1-2,5-8H. The highest BCUT2D eigenvalue weighted by Gasteiger charge is 1.86. The minimum Gasteiger partial charge on any atom is -0.115 e. The van der Waals surface area contributed by atoms with Gasteiger partial charge in [0.1, 0.15) is 0 Å². The van der Waals surface area contributed by atoms with Gasteiger partial charge in [-0.15, -0.1) is 25.7 Å². The number of rotatable bonds is 0. The highest BCUT2D eigenvalue weighted by atomic mass is 13.9. The lowest BCUT2D eigenvalue weighted by Gasteiger charge is -1.89. The van der Waals surface area contributed by atoms with Crippen molar-refractivity contribution in [3.8, 4) is 49.4 Å². The Bertz CT molecular complexity index is 671. The zero-order valence-electron chi connectivity index (χ0n) is 10.9. The summed E-state index contributed by atoms with van der Waals surface area (Å²) < 4.78 is 0. The van der Waals surface area contributed by atoms with Crippen molar-refractivity contribution in [3.05, 3.63) is 70.8 Å². The molecular formula is C20H12. The molecule has 0 aromatic heterocycles. The molecule has 0 radical (unpaired) electrons. The molecule has 0 heteroatoms. The molecule has 2 rings (SSSR count). The zero-order chi connectivity index (χ0) is 14.8. The van der Waals surface area contributed by atoms with Crippen molar-refractivity contribution in [1.82, 2.24) is 0 Å². The molecule has 0 N–H and O–H groups in total. The van der Waals surface area contributed by atoms with E-state index in [1.165, 1.54) is 0 Å². The fraction of sp³-hybridized carbons (Fsp3) is 0. The average Bonchev–Trinajstić information content (AvgIpc) is 2.55. The van der Waals surface area contributed by atoms with Gasteiger partial charge in [-0.05, 0) is 42.5 Å². The Balaban J connectivity index is 0.000000200. The zero-order valence-corrected chi connectivity index (χ0v) is 10.9. The molecule has 92 valence electrons. The maximum Gasteiger partial charge on any atom is 0.0254 e. The van der Waals surface area contributed by atoms with E-state index in [1.807, 2.05) is 42.5 Å². The van der Waals surface area contributed by atoms with E-state index < -0.39 is 0 Å². The van der Waals surface area contributed by atoms with Gasteiger partial charge in [-0.2, -0.15) is 0 Å². The first-order valence-electron chi connectivity index (χ1n) is 5.80. The van der Waals surface area contributed by atoms with E-state index in [2.05, 4.69) is 23.7 Å². The molecule has 0 heterocycles. The fourth-order valence-electron chi connectivity index (χ4n) is 1.36. The topological polar surface area (TPSA) is 0 Å². The van der Waals surface area contributed by atoms with Crippen LogP contribution < -0.4 is 0 Å². The maximum absolute atomic E-state index is 5.15. The second-order valence-corrected chi connectivity index (χ2v) is 3.74. The summed E-state index contributed by atoms with van der Waals surface area (Å²) in [7, 11) is 0. The largest absolute Gasteiger partial charge is 0.115 e. The van der Waals surface area contributed by atoms with Gasteiger partial charge in [-0.1, -0.05) is 29.7 Å². The Morgan fingerprint density at radius 3 is 1.15 bits per heavy atom. The molecule has 0 aliphatic carbocycles. The van der Waals surface area contributed by atoms with Crippen LogP contribution in [-0.2, 0) is 0 Å². The maximum atomic E-state index is 5.15. The lowest BCUT2D eigenvalue weighted by Crippen LogP contribution is -1.75. The van der Waals surface area contributed by atoms with E-state index in [4.69, 9.17) is 25.7 Å².